The molecule has 0 rings (SSSR count). The molecule has 0 aliphatic carbocycles. The topological polar surface area (TPSA) is 401 Å². The molecule has 0 aliphatic heterocycles. The largest absolute Gasteiger partial charge is 2.00 e. The van der Waals surface area contributed by atoms with Crippen molar-refractivity contribution < 1.29 is 190 Å². The molecule has 0 radical (unpaired) electrons. The minimum atomic E-state index is -5.17. The third-order valence-electron chi connectivity index (χ3n) is 0. The van der Waals surface area contributed by atoms with Crippen molar-refractivity contribution in [3.05, 3.63) is 0 Å². The standard InChI is InChI=1S/2Ca.2K.2Mg.5H2O4S/c;;;;;;5*1-5(2,3)4/h;;;;;;5*(H2,1,2,3,4)/q2*+2;2*+1;2*+2;;;;;/p-10. The van der Waals surface area contributed by atoms with Crippen LogP contribution in [0.2, 0.25) is 0 Å². The molecule has 0 amide bonds. The second kappa shape index (κ2) is 34.7. The van der Waals surface area contributed by atoms with Gasteiger partial charge in [-0.25, -0.2) is 0 Å². The van der Waals surface area contributed by atoms with E-state index in [0.717, 1.165) is 0 Å². The Morgan fingerprint density at radius 2 is 0.290 bits per heavy atom. The Hall–Kier alpha value is 6.67. The van der Waals surface area contributed by atoms with Crippen LogP contribution in [0.4, 0.5) is 0 Å². The number of hydrogen-bond acceptors (Lipinski definition) is 20. The molecule has 0 spiro atoms. The first-order chi connectivity index (χ1) is 10.0. The van der Waals surface area contributed by atoms with Crippen LogP contribution in [0.25, 0.3) is 0 Å². The summed E-state index contributed by atoms with van der Waals surface area (Å²) in [6.45, 7) is 0. The molecule has 31 heavy (non-hydrogen) atoms. The van der Waals surface area contributed by atoms with E-state index >= 15 is 0 Å². The van der Waals surface area contributed by atoms with E-state index in [1.165, 1.54) is 0 Å². The molecule has 0 aromatic carbocycles. The Morgan fingerprint density at radius 1 is 0.290 bits per heavy atom. The second-order valence-corrected chi connectivity index (χ2v) is 6.12. The van der Waals surface area contributed by atoms with E-state index in [9.17, 15) is 0 Å². The summed E-state index contributed by atoms with van der Waals surface area (Å²) in [5, 5.41) is 0. The van der Waals surface area contributed by atoms with Gasteiger partial charge in [-0.05, 0) is 0 Å². The fraction of sp³-hybridized carbons (Fsp3) is 0. The van der Waals surface area contributed by atoms with Crippen LogP contribution in [-0.2, 0) is 52.0 Å². The van der Waals surface area contributed by atoms with E-state index in [2.05, 4.69) is 0 Å². The molecule has 0 aliphatic rings. The molecule has 0 bridgehead atoms. The first-order valence-electron chi connectivity index (χ1n) is 3.33. The molecule has 160 valence electrons. The second-order valence-electron chi connectivity index (χ2n) is 2.04. The summed E-state index contributed by atoms with van der Waals surface area (Å²) >= 11 is 0. The molecule has 31 heteroatoms. The molecule has 0 fully saturated rings. The normalized spacial score (nSPS) is 9.35. The van der Waals surface area contributed by atoms with Crippen molar-refractivity contribution in [3.8, 4) is 0 Å². The predicted octanol–water partition coefficient (Wildman–Crippen LogP) is -14.2. The average Bonchev–Trinajstić information content (AvgIpc) is 1.79. The quantitative estimate of drug-likeness (QED) is 0.129. The van der Waals surface area contributed by atoms with E-state index in [1.807, 2.05) is 0 Å². The van der Waals surface area contributed by atoms with Crippen LogP contribution >= 0.6 is 0 Å². The van der Waals surface area contributed by atoms with Gasteiger partial charge in [0.25, 0.3) is 0 Å². The Kier molecular flexibility index (Phi) is 79.7. The van der Waals surface area contributed by atoms with Crippen molar-refractivity contribution >= 4 is 174 Å². The van der Waals surface area contributed by atoms with Gasteiger partial charge < -0.3 is 45.5 Å². The van der Waals surface area contributed by atoms with Crippen LogP contribution < -0.4 is 103 Å². The molecule has 0 saturated heterocycles. The third kappa shape index (κ3) is 990. The van der Waals surface area contributed by atoms with Crippen molar-refractivity contribution in [1.29, 1.82) is 0 Å². The maximum Gasteiger partial charge on any atom is 2.00 e. The van der Waals surface area contributed by atoms with Gasteiger partial charge in [0.05, 0.1) is 0 Å². The fourth-order valence-electron chi connectivity index (χ4n) is 0. The molecule has 0 heterocycles. The Bertz CT molecular complexity index is 640. The van der Waals surface area contributed by atoms with E-state index in [-0.39, 0.29) is 224 Å². The number of rotatable bonds is 0. The van der Waals surface area contributed by atoms with E-state index in [0.29, 0.717) is 0 Å². The van der Waals surface area contributed by atoms with E-state index in [1.54, 1.807) is 0 Å². The maximum absolute atomic E-state index is 8.52. The van der Waals surface area contributed by atoms with Crippen LogP contribution in [-0.4, -0.2) is 209 Å². The van der Waals surface area contributed by atoms with Crippen LogP contribution in [0, 0.1) is 0 Å². The van der Waals surface area contributed by atoms with E-state index < -0.39 is 52.0 Å². The summed E-state index contributed by atoms with van der Waals surface area (Å²) in [7, 11) is -25.8. The summed E-state index contributed by atoms with van der Waals surface area (Å²) in [4.78, 5) is 0. The molecule has 0 unspecified atom stereocenters. The molecule has 0 saturated carbocycles. The van der Waals surface area contributed by atoms with Crippen molar-refractivity contribution in [2.24, 2.45) is 0 Å². The summed E-state index contributed by atoms with van der Waals surface area (Å²) in [5.41, 5.74) is 0. The molecule has 0 aromatic rings. The van der Waals surface area contributed by atoms with Gasteiger partial charge >= 0.3 is 224 Å². The molecule has 0 aromatic heterocycles. The average molecular weight is 687 g/mol. The third-order valence-corrected chi connectivity index (χ3v) is 0. The number of hydrogen-bond donors (Lipinski definition) is 0. The minimum Gasteiger partial charge on any atom is -0.759 e. The monoisotopic (exact) mass is 686 g/mol. The van der Waals surface area contributed by atoms with Gasteiger partial charge in [-0.3, -0.25) is 42.1 Å². The van der Waals surface area contributed by atoms with Crippen molar-refractivity contribution in [2.75, 3.05) is 0 Å². The summed E-state index contributed by atoms with van der Waals surface area (Å²) in [5.74, 6) is 0. The Balaban J connectivity index is -0.0000000171. The Morgan fingerprint density at radius 3 is 0.290 bits per heavy atom. The first kappa shape index (κ1) is 71.2. The molecule has 0 N–H and O–H groups in total. The molecule has 0 atom stereocenters. The molecular weight excluding hydrogens is 687 g/mol. The SMILES string of the molecule is O=S(=O)([O-])[O-].O=S(=O)([O-])[O-].O=S(=O)([O-])[O-].O=S(=O)([O-])[O-].O=S(=O)([O-])[O-].[Ca+2].[Ca+2].[K+].[K+].[Mg+2].[Mg+2]. The van der Waals surface area contributed by atoms with Crippen LogP contribution in [0.15, 0.2) is 0 Å². The smallest absolute Gasteiger partial charge is 0.759 e. The van der Waals surface area contributed by atoms with Gasteiger partial charge in [-0.2, -0.15) is 0 Å². The predicted molar refractivity (Wildman–Crippen MR) is 75.4 cm³/mol. The molecule has 20 nitrogen and oxygen atoms in total. The van der Waals surface area contributed by atoms with Gasteiger partial charge in [-0.15, -0.1) is 0 Å². The van der Waals surface area contributed by atoms with Crippen LogP contribution in [0.3, 0.4) is 0 Å². The first-order valence-corrected chi connectivity index (χ1v) is 10.0. The summed E-state index contributed by atoms with van der Waals surface area (Å²) in [6.07, 6.45) is 0. The maximum atomic E-state index is 8.52. The van der Waals surface area contributed by atoms with Crippen molar-refractivity contribution in [2.45, 2.75) is 0 Å². The Labute approximate surface area is 354 Å². The van der Waals surface area contributed by atoms with E-state index in [4.69, 9.17) is 87.6 Å². The summed E-state index contributed by atoms with van der Waals surface area (Å²) in [6, 6.07) is 0. The van der Waals surface area contributed by atoms with Gasteiger partial charge in [0.1, 0.15) is 0 Å². The van der Waals surface area contributed by atoms with Gasteiger partial charge in [0.2, 0.25) is 0 Å². The van der Waals surface area contributed by atoms with Crippen LogP contribution in [0.1, 0.15) is 0 Å². The van der Waals surface area contributed by atoms with Gasteiger partial charge in [-0.1, -0.05) is 0 Å². The molecular formula is Ca2K2Mg2O20S5. The minimum absolute atomic E-state index is 0. The van der Waals surface area contributed by atoms with Crippen LogP contribution in [0.5, 0.6) is 0 Å². The van der Waals surface area contributed by atoms with Crippen molar-refractivity contribution in [3.63, 3.8) is 0 Å². The van der Waals surface area contributed by atoms with Gasteiger partial charge in [0, 0.05) is 52.0 Å². The zero-order valence-electron chi connectivity index (χ0n) is 15.0. The fourth-order valence-corrected chi connectivity index (χ4v) is 0. The zero-order valence-corrected chi connectivity index (χ0v) is 32.6. The van der Waals surface area contributed by atoms with Crippen molar-refractivity contribution in [1.82, 2.24) is 0 Å². The zero-order chi connectivity index (χ0) is 22.5. The van der Waals surface area contributed by atoms with Gasteiger partial charge in [0.15, 0.2) is 0 Å². The summed E-state index contributed by atoms with van der Waals surface area (Å²) < 4.78 is 170.